The lowest BCUT2D eigenvalue weighted by Gasteiger charge is -2.15. The molecule has 0 heterocycles. The highest BCUT2D eigenvalue weighted by Crippen LogP contribution is 2.32. The first-order valence-corrected chi connectivity index (χ1v) is 7.77. The third kappa shape index (κ3) is 6.88. The van der Waals surface area contributed by atoms with E-state index in [9.17, 15) is 13.6 Å². The fourth-order valence-corrected chi connectivity index (χ4v) is 2.16. The van der Waals surface area contributed by atoms with E-state index in [2.05, 4.69) is 15.4 Å². The lowest BCUT2D eigenvalue weighted by Crippen LogP contribution is -2.34. The molecule has 0 radical (unpaired) electrons. The number of ether oxygens (including phenoxy) is 2. The summed E-state index contributed by atoms with van der Waals surface area (Å²) in [7, 11) is 0. The number of carbonyl (C=O) groups excluding carboxylic acids is 1. The summed E-state index contributed by atoms with van der Waals surface area (Å²) in [6.07, 6.45) is 2.43. The van der Waals surface area contributed by atoms with Crippen LogP contribution < -0.4 is 20.1 Å². The smallest absolute Gasteiger partial charge is 0.387 e. The van der Waals surface area contributed by atoms with Gasteiger partial charge in [-0.3, -0.25) is 4.79 Å². The van der Waals surface area contributed by atoms with Crippen LogP contribution in [0.1, 0.15) is 25.3 Å². The van der Waals surface area contributed by atoms with Crippen molar-refractivity contribution in [2.24, 2.45) is 5.92 Å². The molecule has 1 aromatic rings. The Kier molecular flexibility index (Phi) is 8.78. The lowest BCUT2D eigenvalue weighted by molar-refractivity contribution is -0.120. The maximum atomic E-state index is 12.6. The monoisotopic (exact) mass is 364 g/mol. The highest BCUT2D eigenvalue weighted by atomic mass is 35.5. The molecule has 0 spiro atoms. The fourth-order valence-electron chi connectivity index (χ4n) is 2.16. The van der Waals surface area contributed by atoms with Gasteiger partial charge in [0.1, 0.15) is 0 Å². The zero-order valence-electron chi connectivity index (χ0n) is 13.5. The van der Waals surface area contributed by atoms with Crippen LogP contribution >= 0.6 is 12.4 Å². The molecule has 136 valence electrons. The summed E-state index contributed by atoms with van der Waals surface area (Å²) in [5.41, 5.74) is 0.451. The average Bonchev–Trinajstić information content (AvgIpc) is 3.31. The van der Waals surface area contributed by atoms with E-state index < -0.39 is 6.61 Å². The third-order valence-electron chi connectivity index (χ3n) is 3.46. The summed E-state index contributed by atoms with van der Waals surface area (Å²) in [4.78, 5) is 11.8. The summed E-state index contributed by atoms with van der Waals surface area (Å²) >= 11 is 0. The van der Waals surface area contributed by atoms with Crippen LogP contribution in [0.4, 0.5) is 8.78 Å². The first kappa shape index (κ1) is 20.4. The summed E-state index contributed by atoms with van der Waals surface area (Å²) in [6, 6.07) is 4.86. The quantitative estimate of drug-likeness (QED) is 0.670. The van der Waals surface area contributed by atoms with Gasteiger partial charge in [0.15, 0.2) is 11.5 Å². The van der Waals surface area contributed by atoms with Crippen molar-refractivity contribution in [2.45, 2.75) is 32.9 Å². The second-order valence-electron chi connectivity index (χ2n) is 5.41. The molecule has 0 aliphatic heterocycles. The summed E-state index contributed by atoms with van der Waals surface area (Å²) in [6.45, 7) is 0.297. The number of benzene rings is 1. The molecule has 1 aromatic carbocycles. The number of halogens is 3. The number of rotatable bonds is 10. The van der Waals surface area contributed by atoms with Gasteiger partial charge in [-0.1, -0.05) is 12.1 Å². The van der Waals surface area contributed by atoms with Gasteiger partial charge in [0.2, 0.25) is 5.91 Å². The predicted octanol–water partition coefficient (Wildman–Crippen LogP) is 2.72. The van der Waals surface area contributed by atoms with Gasteiger partial charge in [-0.25, -0.2) is 0 Å². The van der Waals surface area contributed by atoms with Crippen molar-refractivity contribution < 1.29 is 23.0 Å². The molecule has 2 N–H and O–H groups in total. The molecule has 1 aliphatic rings. The summed E-state index contributed by atoms with van der Waals surface area (Å²) in [5, 5.41) is 5.77. The minimum absolute atomic E-state index is 0. The van der Waals surface area contributed by atoms with E-state index in [1.165, 1.54) is 12.8 Å². The van der Waals surface area contributed by atoms with Crippen LogP contribution in [0.5, 0.6) is 11.5 Å². The van der Waals surface area contributed by atoms with Crippen LogP contribution in [0.25, 0.3) is 0 Å². The maximum absolute atomic E-state index is 12.6. The van der Waals surface area contributed by atoms with Crippen molar-refractivity contribution >= 4 is 18.3 Å². The molecule has 0 saturated heterocycles. The second-order valence-corrected chi connectivity index (χ2v) is 5.41. The van der Waals surface area contributed by atoms with Crippen LogP contribution in [0, 0.1) is 5.92 Å². The van der Waals surface area contributed by atoms with Gasteiger partial charge >= 0.3 is 6.61 Å². The lowest BCUT2D eigenvalue weighted by atomic mass is 10.2. The van der Waals surface area contributed by atoms with Crippen LogP contribution in [0.15, 0.2) is 18.2 Å². The standard InChI is InChI=1S/C16H22F2N2O3.ClH/c1-2-22-13-5-3-4-12(15(13)23-16(17)18)9-20-14(21)10-19-8-11-6-7-11;/h3-5,11,16,19H,2,6-10H2,1H3,(H,20,21);1H. The molecule has 0 atom stereocenters. The van der Waals surface area contributed by atoms with Crippen LogP contribution in [0.2, 0.25) is 0 Å². The molecular weight excluding hydrogens is 342 g/mol. The number of hydrogen-bond acceptors (Lipinski definition) is 4. The van der Waals surface area contributed by atoms with Gasteiger partial charge in [0.25, 0.3) is 0 Å². The van der Waals surface area contributed by atoms with Crippen molar-refractivity contribution in [3.05, 3.63) is 23.8 Å². The Bertz CT molecular complexity index is 528. The number of carbonyl (C=O) groups is 1. The SMILES string of the molecule is CCOc1cccc(CNC(=O)CNCC2CC2)c1OC(F)F.Cl. The highest BCUT2D eigenvalue weighted by molar-refractivity contribution is 5.85. The molecule has 1 saturated carbocycles. The zero-order chi connectivity index (χ0) is 16.7. The highest BCUT2D eigenvalue weighted by Gasteiger charge is 2.20. The van der Waals surface area contributed by atoms with Crippen molar-refractivity contribution in [3.8, 4) is 11.5 Å². The summed E-state index contributed by atoms with van der Waals surface area (Å²) in [5.74, 6) is 0.717. The minimum atomic E-state index is -2.95. The third-order valence-corrected chi connectivity index (χ3v) is 3.46. The molecule has 0 unspecified atom stereocenters. The molecule has 24 heavy (non-hydrogen) atoms. The van der Waals surface area contributed by atoms with Crippen LogP contribution in [-0.2, 0) is 11.3 Å². The fraction of sp³-hybridized carbons (Fsp3) is 0.562. The Labute approximate surface area is 146 Å². The number of nitrogens with one attached hydrogen (secondary N) is 2. The van der Waals surface area contributed by atoms with E-state index in [1.807, 2.05) is 0 Å². The molecule has 1 fully saturated rings. The first-order chi connectivity index (χ1) is 11.1. The molecule has 2 rings (SSSR count). The number of amides is 1. The van der Waals surface area contributed by atoms with Crippen molar-refractivity contribution in [2.75, 3.05) is 19.7 Å². The largest absolute Gasteiger partial charge is 0.490 e. The van der Waals surface area contributed by atoms with Crippen LogP contribution in [0.3, 0.4) is 0 Å². The van der Waals surface area contributed by atoms with Gasteiger partial charge in [0.05, 0.1) is 13.2 Å². The number of hydrogen-bond donors (Lipinski definition) is 2. The minimum Gasteiger partial charge on any atom is -0.490 e. The molecule has 5 nitrogen and oxygen atoms in total. The van der Waals surface area contributed by atoms with E-state index in [-0.39, 0.29) is 42.9 Å². The van der Waals surface area contributed by atoms with Gasteiger partial charge in [-0.2, -0.15) is 8.78 Å². The molecule has 1 aliphatic carbocycles. The number of alkyl halides is 2. The zero-order valence-corrected chi connectivity index (χ0v) is 14.3. The van der Waals surface area contributed by atoms with Crippen molar-refractivity contribution in [1.82, 2.24) is 10.6 Å². The Balaban J connectivity index is 0.00000288. The van der Waals surface area contributed by atoms with Crippen molar-refractivity contribution in [1.29, 1.82) is 0 Å². The topological polar surface area (TPSA) is 59.6 Å². The molecule has 0 aromatic heterocycles. The number of para-hydroxylation sites is 1. The Hall–Kier alpha value is -1.60. The van der Waals surface area contributed by atoms with Crippen LogP contribution in [-0.4, -0.2) is 32.2 Å². The first-order valence-electron chi connectivity index (χ1n) is 7.77. The Morgan fingerprint density at radius 3 is 2.75 bits per heavy atom. The maximum Gasteiger partial charge on any atom is 0.387 e. The van der Waals surface area contributed by atoms with E-state index in [1.54, 1.807) is 25.1 Å². The van der Waals surface area contributed by atoms with E-state index >= 15 is 0 Å². The van der Waals surface area contributed by atoms with E-state index in [0.717, 1.165) is 6.54 Å². The normalized spacial score (nSPS) is 13.3. The van der Waals surface area contributed by atoms with Gasteiger partial charge in [0, 0.05) is 12.1 Å². The van der Waals surface area contributed by atoms with Gasteiger partial charge < -0.3 is 20.1 Å². The van der Waals surface area contributed by atoms with E-state index in [0.29, 0.717) is 18.1 Å². The summed E-state index contributed by atoms with van der Waals surface area (Å²) < 4.78 is 35.0. The molecule has 8 heteroatoms. The van der Waals surface area contributed by atoms with Crippen molar-refractivity contribution in [3.63, 3.8) is 0 Å². The van der Waals surface area contributed by atoms with Gasteiger partial charge in [-0.05, 0) is 38.3 Å². The average molecular weight is 365 g/mol. The van der Waals surface area contributed by atoms with Gasteiger partial charge in [-0.15, -0.1) is 12.4 Å². The predicted molar refractivity (Wildman–Crippen MR) is 88.9 cm³/mol. The Morgan fingerprint density at radius 1 is 1.38 bits per heavy atom. The Morgan fingerprint density at radius 2 is 2.12 bits per heavy atom. The molecule has 1 amide bonds. The molecular formula is C16H23ClF2N2O3. The second kappa shape index (κ2) is 10.3. The van der Waals surface area contributed by atoms with E-state index in [4.69, 9.17) is 4.74 Å². The molecule has 0 bridgehead atoms.